The second kappa shape index (κ2) is 8.26. The summed E-state index contributed by atoms with van der Waals surface area (Å²) in [5.74, 6) is 0.454. The Kier molecular flexibility index (Phi) is 6.34. The van der Waals surface area contributed by atoms with E-state index in [-0.39, 0.29) is 29.4 Å². The molecule has 0 atom stereocenters. The molecular formula is C17H23ClN4O2. The van der Waals surface area contributed by atoms with Gasteiger partial charge in [0.05, 0.1) is 0 Å². The van der Waals surface area contributed by atoms with E-state index in [1.807, 2.05) is 13.1 Å². The number of rotatable bonds is 4. The molecule has 1 aliphatic rings. The number of carbonyl (C=O) groups excluding carboxylic acids is 1. The second-order valence-corrected chi connectivity index (χ2v) is 6.03. The number of piperidine rings is 1. The summed E-state index contributed by atoms with van der Waals surface area (Å²) in [6.07, 6.45) is 6.18. The van der Waals surface area contributed by atoms with E-state index in [2.05, 4.69) is 10.3 Å². The summed E-state index contributed by atoms with van der Waals surface area (Å²) < 4.78 is 1.42. The van der Waals surface area contributed by atoms with Crippen LogP contribution >= 0.6 is 12.4 Å². The number of halogens is 1. The lowest BCUT2D eigenvalue weighted by atomic mass is 9.93. The highest BCUT2D eigenvalue weighted by Crippen LogP contribution is 2.20. The fourth-order valence-electron chi connectivity index (χ4n) is 3.12. The molecule has 2 aromatic rings. The number of likely N-dealkylation sites (tertiary alicyclic amines) is 1. The number of fused-ring (bicyclic) bond motifs is 1. The van der Waals surface area contributed by atoms with Crippen molar-refractivity contribution in [3.05, 3.63) is 46.5 Å². The summed E-state index contributed by atoms with van der Waals surface area (Å²) in [4.78, 5) is 31.1. The standard InChI is InChI=1S/C17H22N4O2.ClH/c1-18-8-5-13-6-10-20(11-7-13)16(22)14-12-19-15-4-2-3-9-21(15)17(14)23;/h2-4,9,12-13,18H,5-8,10-11H2,1H3;1H. The third kappa shape index (κ3) is 3.76. The largest absolute Gasteiger partial charge is 0.338 e. The van der Waals surface area contributed by atoms with E-state index in [1.54, 1.807) is 23.2 Å². The third-order valence-corrected chi connectivity index (χ3v) is 4.55. The smallest absolute Gasteiger partial charge is 0.270 e. The van der Waals surface area contributed by atoms with Crippen molar-refractivity contribution >= 4 is 24.0 Å². The molecule has 1 saturated heterocycles. The van der Waals surface area contributed by atoms with E-state index in [4.69, 9.17) is 0 Å². The Morgan fingerprint density at radius 1 is 1.33 bits per heavy atom. The van der Waals surface area contributed by atoms with Crippen molar-refractivity contribution in [1.82, 2.24) is 19.6 Å². The zero-order chi connectivity index (χ0) is 16.2. The number of pyridine rings is 1. The highest BCUT2D eigenvalue weighted by molar-refractivity contribution is 5.93. The fourth-order valence-corrected chi connectivity index (χ4v) is 3.12. The summed E-state index contributed by atoms with van der Waals surface area (Å²) in [6, 6.07) is 5.33. The van der Waals surface area contributed by atoms with Crippen LogP contribution in [0, 0.1) is 5.92 Å². The number of carbonyl (C=O) groups is 1. The lowest BCUT2D eigenvalue weighted by Crippen LogP contribution is -2.41. The second-order valence-electron chi connectivity index (χ2n) is 6.03. The van der Waals surface area contributed by atoms with Crippen molar-refractivity contribution in [2.75, 3.05) is 26.7 Å². The summed E-state index contributed by atoms with van der Waals surface area (Å²) in [5, 5.41) is 3.17. The first-order chi connectivity index (χ1) is 11.2. The molecule has 0 bridgehead atoms. The fraction of sp³-hybridized carbons (Fsp3) is 0.471. The summed E-state index contributed by atoms with van der Waals surface area (Å²) in [6.45, 7) is 2.43. The van der Waals surface area contributed by atoms with Crippen molar-refractivity contribution in [3.8, 4) is 0 Å². The maximum atomic E-state index is 12.6. The molecule has 1 N–H and O–H groups in total. The number of hydrogen-bond donors (Lipinski definition) is 1. The van der Waals surface area contributed by atoms with Crippen LogP contribution in [0.3, 0.4) is 0 Å². The van der Waals surface area contributed by atoms with Crippen molar-refractivity contribution in [2.24, 2.45) is 5.92 Å². The summed E-state index contributed by atoms with van der Waals surface area (Å²) in [7, 11) is 1.96. The van der Waals surface area contributed by atoms with Crippen LogP contribution in [0.2, 0.25) is 0 Å². The minimum Gasteiger partial charge on any atom is -0.338 e. The molecule has 24 heavy (non-hydrogen) atoms. The van der Waals surface area contributed by atoms with Crippen LogP contribution in [0.25, 0.3) is 5.65 Å². The topological polar surface area (TPSA) is 66.7 Å². The van der Waals surface area contributed by atoms with Crippen molar-refractivity contribution in [2.45, 2.75) is 19.3 Å². The highest BCUT2D eigenvalue weighted by Gasteiger charge is 2.25. The molecule has 0 aromatic carbocycles. The van der Waals surface area contributed by atoms with Crippen LogP contribution in [0.5, 0.6) is 0 Å². The number of hydrogen-bond acceptors (Lipinski definition) is 4. The zero-order valence-corrected chi connectivity index (χ0v) is 14.6. The number of nitrogens with zero attached hydrogens (tertiary/aromatic N) is 3. The molecule has 1 fully saturated rings. The molecule has 3 heterocycles. The number of aromatic nitrogens is 2. The van der Waals surface area contributed by atoms with Gasteiger partial charge in [-0.05, 0) is 50.9 Å². The van der Waals surface area contributed by atoms with E-state index in [0.717, 1.165) is 25.8 Å². The average Bonchev–Trinajstić information content (AvgIpc) is 2.60. The lowest BCUT2D eigenvalue weighted by molar-refractivity contribution is 0.0684. The van der Waals surface area contributed by atoms with E-state index in [9.17, 15) is 9.59 Å². The quantitative estimate of drug-likeness (QED) is 0.909. The van der Waals surface area contributed by atoms with Crippen LogP contribution in [-0.2, 0) is 0 Å². The molecule has 0 spiro atoms. The minimum absolute atomic E-state index is 0. The molecule has 0 unspecified atom stereocenters. The molecule has 130 valence electrons. The van der Waals surface area contributed by atoms with E-state index in [0.29, 0.717) is 24.7 Å². The first-order valence-corrected chi connectivity index (χ1v) is 8.11. The molecular weight excluding hydrogens is 328 g/mol. The lowest BCUT2D eigenvalue weighted by Gasteiger charge is -2.31. The molecule has 0 radical (unpaired) electrons. The van der Waals surface area contributed by atoms with Gasteiger partial charge in [-0.2, -0.15) is 0 Å². The predicted molar refractivity (Wildman–Crippen MR) is 95.9 cm³/mol. The summed E-state index contributed by atoms with van der Waals surface area (Å²) in [5.41, 5.74) is 0.417. The van der Waals surface area contributed by atoms with Gasteiger partial charge in [-0.25, -0.2) is 4.98 Å². The average molecular weight is 351 g/mol. The van der Waals surface area contributed by atoms with E-state index in [1.165, 1.54) is 10.6 Å². The first-order valence-electron chi connectivity index (χ1n) is 8.11. The predicted octanol–water partition coefficient (Wildman–Crippen LogP) is 1.58. The molecule has 1 aliphatic heterocycles. The van der Waals surface area contributed by atoms with Crippen LogP contribution in [0.15, 0.2) is 35.4 Å². The molecule has 0 aliphatic carbocycles. The van der Waals surface area contributed by atoms with Crippen molar-refractivity contribution in [1.29, 1.82) is 0 Å². The third-order valence-electron chi connectivity index (χ3n) is 4.55. The Morgan fingerprint density at radius 2 is 2.08 bits per heavy atom. The van der Waals surface area contributed by atoms with Gasteiger partial charge in [0.25, 0.3) is 11.5 Å². The molecule has 1 amide bonds. The Labute approximate surface area is 147 Å². The van der Waals surface area contributed by atoms with Gasteiger partial charge in [0.2, 0.25) is 0 Å². The Morgan fingerprint density at radius 3 is 2.79 bits per heavy atom. The van der Waals surface area contributed by atoms with Gasteiger partial charge in [-0.15, -0.1) is 12.4 Å². The van der Waals surface area contributed by atoms with Gasteiger partial charge in [0.15, 0.2) is 0 Å². The van der Waals surface area contributed by atoms with Crippen LogP contribution in [0.4, 0.5) is 0 Å². The van der Waals surface area contributed by atoms with Crippen LogP contribution in [-0.4, -0.2) is 46.9 Å². The normalized spacial score (nSPS) is 15.3. The maximum absolute atomic E-state index is 12.6. The maximum Gasteiger partial charge on any atom is 0.270 e. The zero-order valence-electron chi connectivity index (χ0n) is 13.8. The minimum atomic E-state index is -0.294. The highest BCUT2D eigenvalue weighted by atomic mass is 35.5. The van der Waals surface area contributed by atoms with Gasteiger partial charge < -0.3 is 10.2 Å². The van der Waals surface area contributed by atoms with Gasteiger partial charge >= 0.3 is 0 Å². The van der Waals surface area contributed by atoms with E-state index >= 15 is 0 Å². The Bertz CT molecular complexity index is 754. The molecule has 3 rings (SSSR count). The molecule has 2 aromatic heterocycles. The Hall–Kier alpha value is -1.92. The number of amides is 1. The SMILES string of the molecule is CNCCC1CCN(C(=O)c2cnc3ccccn3c2=O)CC1.Cl. The van der Waals surface area contributed by atoms with Crippen LogP contribution < -0.4 is 10.9 Å². The van der Waals surface area contributed by atoms with Gasteiger partial charge in [0.1, 0.15) is 11.2 Å². The van der Waals surface area contributed by atoms with Gasteiger partial charge in [-0.3, -0.25) is 14.0 Å². The van der Waals surface area contributed by atoms with Crippen molar-refractivity contribution < 1.29 is 4.79 Å². The van der Waals surface area contributed by atoms with Gasteiger partial charge in [0, 0.05) is 25.5 Å². The van der Waals surface area contributed by atoms with Crippen molar-refractivity contribution in [3.63, 3.8) is 0 Å². The van der Waals surface area contributed by atoms with E-state index < -0.39 is 0 Å². The molecule has 0 saturated carbocycles. The first kappa shape index (κ1) is 18.4. The number of nitrogens with one attached hydrogen (secondary N) is 1. The molecule has 6 nitrogen and oxygen atoms in total. The molecule has 7 heteroatoms. The Balaban J connectivity index is 0.00000208. The van der Waals surface area contributed by atoms with Crippen LogP contribution in [0.1, 0.15) is 29.6 Å². The van der Waals surface area contributed by atoms with Gasteiger partial charge in [-0.1, -0.05) is 6.07 Å². The monoisotopic (exact) mass is 350 g/mol. The summed E-state index contributed by atoms with van der Waals surface area (Å²) >= 11 is 0.